The van der Waals surface area contributed by atoms with Crippen molar-refractivity contribution in [3.63, 3.8) is 0 Å². The van der Waals surface area contributed by atoms with Gasteiger partial charge in [-0.3, -0.25) is 0 Å². The fourth-order valence-electron chi connectivity index (χ4n) is 1.12. The Bertz CT molecular complexity index is 451. The topological polar surface area (TPSA) is 98.2 Å². The van der Waals surface area contributed by atoms with Gasteiger partial charge in [-0.25, -0.2) is 13.6 Å². The Morgan fingerprint density at radius 3 is 2.31 bits per heavy atom. The van der Waals surface area contributed by atoms with Crippen LogP contribution in [0.4, 0.5) is 5.69 Å². The molecule has 0 saturated carbocycles. The monoisotopic (exact) mass is 241 g/mol. The highest BCUT2D eigenvalue weighted by Crippen LogP contribution is 2.12. The molecule has 6 heteroatoms. The van der Waals surface area contributed by atoms with Crippen molar-refractivity contribution in [2.45, 2.75) is 4.90 Å². The number of rotatable bonds is 5. The SMILES string of the molecule is NC/C=C/CNc1ccc(S(N)(=O)=O)cc1. The van der Waals surface area contributed by atoms with Gasteiger partial charge in [-0.1, -0.05) is 12.2 Å². The van der Waals surface area contributed by atoms with Crippen LogP contribution in [0.2, 0.25) is 0 Å². The smallest absolute Gasteiger partial charge is 0.238 e. The molecule has 0 amide bonds. The molecule has 0 aliphatic heterocycles. The average Bonchev–Trinajstić information content (AvgIpc) is 2.24. The van der Waals surface area contributed by atoms with E-state index in [1.165, 1.54) is 12.1 Å². The van der Waals surface area contributed by atoms with Crippen LogP contribution in [0.5, 0.6) is 0 Å². The molecule has 0 bridgehead atoms. The summed E-state index contributed by atoms with van der Waals surface area (Å²) >= 11 is 0. The summed E-state index contributed by atoms with van der Waals surface area (Å²) in [6, 6.07) is 6.25. The molecule has 0 radical (unpaired) electrons. The first-order chi connectivity index (χ1) is 7.54. The molecular formula is C10H15N3O2S. The van der Waals surface area contributed by atoms with Crippen molar-refractivity contribution in [3.05, 3.63) is 36.4 Å². The molecule has 88 valence electrons. The van der Waals surface area contributed by atoms with E-state index in [1.807, 2.05) is 12.2 Å². The Morgan fingerprint density at radius 1 is 1.19 bits per heavy atom. The Morgan fingerprint density at radius 2 is 1.81 bits per heavy atom. The first-order valence-electron chi connectivity index (χ1n) is 4.76. The third-order valence-corrected chi connectivity index (χ3v) is 2.84. The molecule has 1 aromatic rings. The maximum atomic E-state index is 11.0. The van der Waals surface area contributed by atoms with Crippen LogP contribution in [0.1, 0.15) is 0 Å². The first-order valence-corrected chi connectivity index (χ1v) is 6.30. The van der Waals surface area contributed by atoms with Crippen molar-refractivity contribution < 1.29 is 8.42 Å². The Balaban J connectivity index is 2.62. The molecule has 0 atom stereocenters. The lowest BCUT2D eigenvalue weighted by molar-refractivity contribution is 0.598. The quantitative estimate of drug-likeness (QED) is 0.644. The van der Waals surface area contributed by atoms with E-state index in [0.29, 0.717) is 13.1 Å². The molecule has 16 heavy (non-hydrogen) atoms. The summed E-state index contributed by atoms with van der Waals surface area (Å²) in [5.74, 6) is 0. The highest BCUT2D eigenvalue weighted by Gasteiger charge is 2.05. The minimum atomic E-state index is -3.61. The van der Waals surface area contributed by atoms with Crippen molar-refractivity contribution in [1.82, 2.24) is 0 Å². The summed E-state index contributed by atoms with van der Waals surface area (Å²) in [6.45, 7) is 1.15. The highest BCUT2D eigenvalue weighted by atomic mass is 32.2. The molecule has 0 spiro atoms. The van der Waals surface area contributed by atoms with Gasteiger partial charge in [-0.2, -0.15) is 0 Å². The molecule has 5 N–H and O–H groups in total. The van der Waals surface area contributed by atoms with E-state index in [9.17, 15) is 8.42 Å². The maximum absolute atomic E-state index is 11.0. The Labute approximate surface area is 95.2 Å². The zero-order valence-corrected chi connectivity index (χ0v) is 9.57. The van der Waals surface area contributed by atoms with Crippen LogP contribution in [-0.4, -0.2) is 21.5 Å². The van der Waals surface area contributed by atoms with Crippen molar-refractivity contribution >= 4 is 15.7 Å². The van der Waals surface area contributed by atoms with Gasteiger partial charge in [0.25, 0.3) is 0 Å². The molecule has 0 saturated heterocycles. The molecule has 0 unspecified atom stereocenters. The summed E-state index contributed by atoms with van der Waals surface area (Å²) in [5, 5.41) is 8.05. The van der Waals surface area contributed by atoms with Gasteiger partial charge in [0.1, 0.15) is 0 Å². The summed E-state index contributed by atoms with van der Waals surface area (Å²) < 4.78 is 22.0. The van der Waals surface area contributed by atoms with Crippen LogP contribution in [0.3, 0.4) is 0 Å². The minimum absolute atomic E-state index is 0.107. The molecule has 0 fully saturated rings. The van der Waals surface area contributed by atoms with Crippen LogP contribution >= 0.6 is 0 Å². The van der Waals surface area contributed by atoms with Crippen LogP contribution in [-0.2, 0) is 10.0 Å². The molecule has 0 aliphatic rings. The summed E-state index contributed by atoms with van der Waals surface area (Å²) in [5.41, 5.74) is 6.11. The van der Waals surface area contributed by atoms with E-state index in [1.54, 1.807) is 12.1 Å². The molecule has 0 aliphatic carbocycles. The lowest BCUT2D eigenvalue weighted by atomic mass is 10.3. The second-order valence-corrected chi connectivity index (χ2v) is 4.72. The third kappa shape index (κ3) is 4.01. The summed E-state index contributed by atoms with van der Waals surface area (Å²) in [6.07, 6.45) is 3.74. The van der Waals surface area contributed by atoms with Gasteiger partial charge < -0.3 is 11.1 Å². The van der Waals surface area contributed by atoms with Crippen LogP contribution in [0.15, 0.2) is 41.3 Å². The van der Waals surface area contributed by atoms with E-state index in [-0.39, 0.29) is 4.90 Å². The lowest BCUT2D eigenvalue weighted by Crippen LogP contribution is -2.12. The van der Waals surface area contributed by atoms with Gasteiger partial charge >= 0.3 is 0 Å². The Kier molecular flexibility index (Phi) is 4.48. The van der Waals surface area contributed by atoms with E-state index in [4.69, 9.17) is 10.9 Å². The van der Waals surface area contributed by atoms with Gasteiger partial charge in [0.2, 0.25) is 10.0 Å². The van der Waals surface area contributed by atoms with Gasteiger partial charge in [-0.15, -0.1) is 0 Å². The van der Waals surface area contributed by atoms with E-state index >= 15 is 0 Å². The Hall–Kier alpha value is -1.37. The van der Waals surface area contributed by atoms with Crippen LogP contribution in [0.25, 0.3) is 0 Å². The van der Waals surface area contributed by atoms with Crippen molar-refractivity contribution in [3.8, 4) is 0 Å². The second kappa shape index (κ2) is 5.64. The molecule has 1 rings (SSSR count). The van der Waals surface area contributed by atoms with Gasteiger partial charge in [-0.05, 0) is 24.3 Å². The van der Waals surface area contributed by atoms with Gasteiger partial charge in [0.15, 0.2) is 0 Å². The first kappa shape index (κ1) is 12.7. The number of primary sulfonamides is 1. The van der Waals surface area contributed by atoms with Crippen molar-refractivity contribution in [1.29, 1.82) is 0 Å². The number of nitrogens with two attached hydrogens (primary N) is 2. The van der Waals surface area contributed by atoms with Gasteiger partial charge in [0.05, 0.1) is 4.90 Å². The lowest BCUT2D eigenvalue weighted by Gasteiger charge is -2.04. The predicted octanol–water partition coefficient (Wildman–Crippen LogP) is 0.261. The second-order valence-electron chi connectivity index (χ2n) is 3.16. The molecule has 5 nitrogen and oxygen atoms in total. The third-order valence-electron chi connectivity index (χ3n) is 1.91. The molecular weight excluding hydrogens is 226 g/mol. The molecule has 0 heterocycles. The average molecular weight is 241 g/mol. The zero-order valence-electron chi connectivity index (χ0n) is 8.76. The largest absolute Gasteiger partial charge is 0.382 e. The fraction of sp³-hybridized carbons (Fsp3) is 0.200. The predicted molar refractivity (Wildman–Crippen MR) is 64.5 cm³/mol. The minimum Gasteiger partial charge on any atom is -0.382 e. The number of hydrogen-bond donors (Lipinski definition) is 3. The number of hydrogen-bond acceptors (Lipinski definition) is 4. The fourth-order valence-corrected chi connectivity index (χ4v) is 1.63. The standard InChI is InChI=1S/C10H15N3O2S/c11-7-1-2-8-13-9-3-5-10(6-4-9)16(12,14)15/h1-6,13H,7-8,11H2,(H2,12,14,15)/b2-1+. The van der Waals surface area contributed by atoms with Crippen molar-refractivity contribution in [2.75, 3.05) is 18.4 Å². The summed E-state index contributed by atoms with van der Waals surface area (Å²) in [4.78, 5) is 0.107. The van der Waals surface area contributed by atoms with E-state index in [2.05, 4.69) is 5.32 Å². The molecule has 0 aromatic heterocycles. The molecule has 1 aromatic carbocycles. The van der Waals surface area contributed by atoms with Crippen molar-refractivity contribution in [2.24, 2.45) is 10.9 Å². The highest BCUT2D eigenvalue weighted by molar-refractivity contribution is 7.89. The van der Waals surface area contributed by atoms with Crippen LogP contribution in [0, 0.1) is 0 Å². The van der Waals surface area contributed by atoms with Gasteiger partial charge in [0, 0.05) is 18.8 Å². The number of nitrogens with one attached hydrogen (secondary N) is 1. The van der Waals surface area contributed by atoms with Crippen LogP contribution < -0.4 is 16.2 Å². The number of sulfonamides is 1. The number of benzene rings is 1. The van der Waals surface area contributed by atoms with E-state index < -0.39 is 10.0 Å². The number of anilines is 1. The van der Waals surface area contributed by atoms with E-state index in [0.717, 1.165) is 5.69 Å². The zero-order chi connectivity index (χ0) is 12.0. The normalized spacial score (nSPS) is 11.9. The summed E-state index contributed by atoms with van der Waals surface area (Å²) in [7, 11) is -3.61. The maximum Gasteiger partial charge on any atom is 0.238 e.